The number of unbranched alkanes of at least 4 members (excludes halogenated alkanes) is 1. The minimum Gasteiger partial charge on any atom is -0.308 e. The smallest absolute Gasteiger partial charge is 0.152 e. The van der Waals surface area contributed by atoms with Crippen LogP contribution < -0.4 is 5.32 Å². The zero-order valence-electron chi connectivity index (χ0n) is 11.0. The van der Waals surface area contributed by atoms with Crippen LogP contribution in [0.5, 0.6) is 0 Å². The van der Waals surface area contributed by atoms with E-state index in [2.05, 4.69) is 19.2 Å². The minimum absolute atomic E-state index is 0.341. The highest BCUT2D eigenvalue weighted by Crippen LogP contribution is 2.20. The van der Waals surface area contributed by atoms with Gasteiger partial charge >= 0.3 is 0 Å². The summed E-state index contributed by atoms with van der Waals surface area (Å²) in [5.41, 5.74) is -0.361. The molecule has 1 N–H and O–H groups in total. The molecule has 90 valence electrons. The van der Waals surface area contributed by atoms with Gasteiger partial charge in [-0.15, -0.1) is 0 Å². The molecule has 0 heterocycles. The van der Waals surface area contributed by atoms with E-state index in [1.807, 2.05) is 20.9 Å². The predicted octanol–water partition coefficient (Wildman–Crippen LogP) is 3.16. The molecule has 0 rings (SSSR count). The second-order valence-electron chi connectivity index (χ2n) is 4.92. The molecule has 2 nitrogen and oxygen atoms in total. The molecule has 0 aliphatic rings. The molecule has 0 fully saturated rings. The number of rotatable bonds is 8. The first kappa shape index (κ1) is 14.6. The highest BCUT2D eigenvalue weighted by molar-refractivity contribution is 5.87. The first-order chi connectivity index (χ1) is 6.97. The van der Waals surface area contributed by atoms with Crippen LogP contribution in [0.2, 0.25) is 0 Å². The van der Waals surface area contributed by atoms with Gasteiger partial charge in [-0.05, 0) is 26.8 Å². The van der Waals surface area contributed by atoms with Crippen molar-refractivity contribution in [1.82, 2.24) is 5.32 Å². The molecule has 0 aliphatic heterocycles. The van der Waals surface area contributed by atoms with Crippen LogP contribution in [0.3, 0.4) is 0 Å². The molecule has 1 atom stereocenters. The monoisotopic (exact) mass is 213 g/mol. The lowest BCUT2D eigenvalue weighted by Gasteiger charge is -2.25. The van der Waals surface area contributed by atoms with Crippen molar-refractivity contribution >= 4 is 5.78 Å². The quantitative estimate of drug-likeness (QED) is 0.671. The summed E-state index contributed by atoms with van der Waals surface area (Å²) in [5, 5.41) is 3.08. The van der Waals surface area contributed by atoms with Crippen molar-refractivity contribution in [3.63, 3.8) is 0 Å². The molecule has 15 heavy (non-hydrogen) atoms. The summed E-state index contributed by atoms with van der Waals surface area (Å²) in [7, 11) is 1.85. The first-order valence-electron chi connectivity index (χ1n) is 6.20. The van der Waals surface area contributed by atoms with Crippen LogP contribution in [0.4, 0.5) is 0 Å². The molecule has 0 bridgehead atoms. The number of hydrogen-bond donors (Lipinski definition) is 1. The second kappa shape index (κ2) is 7.00. The van der Waals surface area contributed by atoms with E-state index in [1.54, 1.807) is 0 Å². The summed E-state index contributed by atoms with van der Waals surface area (Å²) in [6, 6.07) is 0. The number of hydrogen-bond acceptors (Lipinski definition) is 2. The van der Waals surface area contributed by atoms with Gasteiger partial charge in [-0.2, -0.15) is 0 Å². The maximum atomic E-state index is 12.0. The van der Waals surface area contributed by atoms with Gasteiger partial charge in [0.05, 0.1) is 5.54 Å². The van der Waals surface area contributed by atoms with Crippen molar-refractivity contribution in [2.24, 2.45) is 5.92 Å². The predicted molar refractivity (Wildman–Crippen MR) is 66.1 cm³/mol. The Hall–Kier alpha value is -0.370. The number of likely N-dealkylation sites (N-methyl/N-ethyl adjacent to an activating group) is 1. The molecule has 0 aliphatic carbocycles. The van der Waals surface area contributed by atoms with Crippen LogP contribution in [0.1, 0.15) is 59.8 Å². The molecule has 0 saturated heterocycles. The third kappa shape index (κ3) is 5.31. The Morgan fingerprint density at radius 2 is 1.93 bits per heavy atom. The van der Waals surface area contributed by atoms with Crippen molar-refractivity contribution in [2.45, 2.75) is 65.3 Å². The largest absolute Gasteiger partial charge is 0.308 e. The molecular weight excluding hydrogens is 186 g/mol. The average Bonchev–Trinajstić information content (AvgIpc) is 2.23. The number of ketones is 1. The number of nitrogens with one attached hydrogen (secondary N) is 1. The van der Waals surface area contributed by atoms with E-state index < -0.39 is 0 Å². The van der Waals surface area contributed by atoms with Crippen LogP contribution in [-0.2, 0) is 4.79 Å². The van der Waals surface area contributed by atoms with E-state index in [4.69, 9.17) is 0 Å². The topological polar surface area (TPSA) is 29.1 Å². The Kier molecular flexibility index (Phi) is 6.82. The fourth-order valence-electron chi connectivity index (χ4n) is 1.60. The van der Waals surface area contributed by atoms with E-state index in [0.717, 1.165) is 12.8 Å². The Labute approximate surface area is 94.8 Å². The molecular formula is C13H27NO. The zero-order chi connectivity index (χ0) is 11.9. The van der Waals surface area contributed by atoms with Gasteiger partial charge < -0.3 is 5.32 Å². The summed E-state index contributed by atoms with van der Waals surface area (Å²) < 4.78 is 0. The lowest BCUT2D eigenvalue weighted by Crippen LogP contribution is -2.45. The Morgan fingerprint density at radius 3 is 2.33 bits per heavy atom. The fraction of sp³-hybridized carbons (Fsp3) is 0.923. The van der Waals surface area contributed by atoms with Gasteiger partial charge in [0.1, 0.15) is 0 Å². The van der Waals surface area contributed by atoms with E-state index in [0.29, 0.717) is 11.7 Å². The summed E-state index contributed by atoms with van der Waals surface area (Å²) >= 11 is 0. The molecule has 0 spiro atoms. The Morgan fingerprint density at radius 1 is 1.33 bits per heavy atom. The Balaban J connectivity index is 4.12. The van der Waals surface area contributed by atoms with Gasteiger partial charge in [-0.25, -0.2) is 0 Å². The molecule has 0 aromatic rings. The van der Waals surface area contributed by atoms with Crippen LogP contribution in [0, 0.1) is 5.92 Å². The van der Waals surface area contributed by atoms with Gasteiger partial charge in [0.25, 0.3) is 0 Å². The Bertz CT molecular complexity index is 187. The van der Waals surface area contributed by atoms with Gasteiger partial charge in [0, 0.05) is 6.42 Å². The number of Topliss-reactive ketones (excluding diaryl/α,β-unsaturated/α-hetero) is 1. The van der Waals surface area contributed by atoms with Gasteiger partial charge in [-0.3, -0.25) is 4.79 Å². The molecule has 0 radical (unpaired) electrons. The van der Waals surface area contributed by atoms with Crippen LogP contribution in [0.25, 0.3) is 0 Å². The number of carbonyl (C=O) groups is 1. The van der Waals surface area contributed by atoms with E-state index in [9.17, 15) is 4.79 Å². The maximum Gasteiger partial charge on any atom is 0.152 e. The van der Waals surface area contributed by atoms with Gasteiger partial charge in [0.15, 0.2) is 5.78 Å². The fourth-order valence-corrected chi connectivity index (χ4v) is 1.60. The van der Waals surface area contributed by atoms with Crippen LogP contribution in [0.15, 0.2) is 0 Å². The summed E-state index contributed by atoms with van der Waals surface area (Å²) in [6.45, 7) is 8.30. The normalized spacial score (nSPS) is 13.9. The maximum absolute atomic E-state index is 12.0. The standard InChI is InChI=1S/C13H27NO/c1-6-8-9-11(7-2)10-12(15)13(3,4)14-5/h11,14H,6-10H2,1-5H3. The lowest BCUT2D eigenvalue weighted by molar-refractivity contribution is -0.125. The highest BCUT2D eigenvalue weighted by Gasteiger charge is 2.26. The zero-order valence-corrected chi connectivity index (χ0v) is 11.0. The van der Waals surface area contributed by atoms with Gasteiger partial charge in [0.2, 0.25) is 0 Å². The third-order valence-corrected chi connectivity index (χ3v) is 3.34. The van der Waals surface area contributed by atoms with Crippen molar-refractivity contribution in [1.29, 1.82) is 0 Å². The minimum atomic E-state index is -0.361. The molecule has 1 unspecified atom stereocenters. The van der Waals surface area contributed by atoms with Crippen LogP contribution in [-0.4, -0.2) is 18.4 Å². The summed E-state index contributed by atoms with van der Waals surface area (Å²) in [6.07, 6.45) is 5.50. The molecule has 2 heteroatoms. The van der Waals surface area contributed by atoms with Crippen molar-refractivity contribution in [2.75, 3.05) is 7.05 Å². The van der Waals surface area contributed by atoms with Crippen LogP contribution >= 0.6 is 0 Å². The number of carbonyl (C=O) groups excluding carboxylic acids is 1. The van der Waals surface area contributed by atoms with E-state index >= 15 is 0 Å². The van der Waals surface area contributed by atoms with Crippen molar-refractivity contribution in [3.8, 4) is 0 Å². The van der Waals surface area contributed by atoms with E-state index in [-0.39, 0.29) is 5.54 Å². The summed E-state index contributed by atoms with van der Waals surface area (Å²) in [5.74, 6) is 0.915. The molecule has 0 saturated carbocycles. The van der Waals surface area contributed by atoms with Gasteiger partial charge in [-0.1, -0.05) is 39.5 Å². The summed E-state index contributed by atoms with van der Waals surface area (Å²) in [4.78, 5) is 12.0. The van der Waals surface area contributed by atoms with Crippen molar-refractivity contribution < 1.29 is 4.79 Å². The van der Waals surface area contributed by atoms with E-state index in [1.165, 1.54) is 19.3 Å². The lowest BCUT2D eigenvalue weighted by atomic mass is 9.87. The molecule has 0 amide bonds. The third-order valence-electron chi connectivity index (χ3n) is 3.34. The second-order valence-corrected chi connectivity index (χ2v) is 4.92. The average molecular weight is 213 g/mol. The molecule has 0 aromatic carbocycles. The molecule has 0 aromatic heterocycles. The highest BCUT2D eigenvalue weighted by atomic mass is 16.1. The van der Waals surface area contributed by atoms with Crippen molar-refractivity contribution in [3.05, 3.63) is 0 Å². The first-order valence-corrected chi connectivity index (χ1v) is 6.20. The SMILES string of the molecule is CCCCC(CC)CC(=O)C(C)(C)NC.